The quantitative estimate of drug-likeness (QED) is 0.239. The minimum Gasteiger partial charge on any atom is -0.493 e. The topological polar surface area (TPSA) is 129 Å². The van der Waals surface area contributed by atoms with Gasteiger partial charge in [0, 0.05) is 10.5 Å². The Morgan fingerprint density at radius 2 is 1.75 bits per heavy atom. The number of nitrogens with zero attached hydrogens (tertiary/aromatic N) is 3. The molecule has 3 rings (SSSR count). The first-order valence-corrected chi connectivity index (χ1v) is 9.94. The maximum absolute atomic E-state index is 11.2. The van der Waals surface area contributed by atoms with Gasteiger partial charge in [-0.25, -0.2) is 0 Å². The molecule has 0 aromatic heterocycles. The number of halogens is 1. The standard InChI is InChI=1S/C21H17BrN4O6/c1-31-21-10-15(4-9-20(21)32-13-14-2-5-16(22)6-3-14)12-23-24-18-8-7-17(25(27)28)11-19(18)26(29)30/h2-12,24H,13H2,1H3. The molecule has 0 amide bonds. The van der Waals surface area contributed by atoms with E-state index in [9.17, 15) is 20.2 Å². The second-order valence-corrected chi connectivity index (χ2v) is 7.33. The van der Waals surface area contributed by atoms with E-state index in [0.717, 1.165) is 22.2 Å². The van der Waals surface area contributed by atoms with Crippen molar-refractivity contribution in [2.75, 3.05) is 12.5 Å². The van der Waals surface area contributed by atoms with E-state index in [-0.39, 0.29) is 11.4 Å². The van der Waals surface area contributed by atoms with Crippen LogP contribution in [0.4, 0.5) is 17.1 Å². The van der Waals surface area contributed by atoms with Crippen LogP contribution in [0.1, 0.15) is 11.1 Å². The Balaban J connectivity index is 1.70. The first-order valence-electron chi connectivity index (χ1n) is 9.14. The summed E-state index contributed by atoms with van der Waals surface area (Å²) in [5, 5.41) is 26.0. The molecule has 0 bridgehead atoms. The Kier molecular flexibility index (Phi) is 7.34. The van der Waals surface area contributed by atoms with Crippen molar-refractivity contribution < 1.29 is 19.3 Å². The summed E-state index contributed by atoms with van der Waals surface area (Å²) >= 11 is 3.39. The molecule has 11 heteroatoms. The zero-order chi connectivity index (χ0) is 23.1. The summed E-state index contributed by atoms with van der Waals surface area (Å²) in [5.74, 6) is 1.04. The number of non-ortho nitro benzene ring substituents is 1. The van der Waals surface area contributed by atoms with Crippen LogP contribution < -0.4 is 14.9 Å². The fourth-order valence-corrected chi connectivity index (χ4v) is 2.95. The van der Waals surface area contributed by atoms with Gasteiger partial charge in [-0.2, -0.15) is 5.10 Å². The zero-order valence-electron chi connectivity index (χ0n) is 16.7. The average Bonchev–Trinajstić information content (AvgIpc) is 2.79. The van der Waals surface area contributed by atoms with Gasteiger partial charge < -0.3 is 9.47 Å². The van der Waals surface area contributed by atoms with Crippen molar-refractivity contribution in [2.24, 2.45) is 5.10 Å². The van der Waals surface area contributed by atoms with Crippen molar-refractivity contribution >= 4 is 39.2 Å². The highest BCUT2D eigenvalue weighted by Gasteiger charge is 2.19. The Bertz CT molecular complexity index is 1170. The van der Waals surface area contributed by atoms with Crippen molar-refractivity contribution in [3.05, 3.63) is 96.5 Å². The molecule has 10 nitrogen and oxygen atoms in total. The summed E-state index contributed by atoms with van der Waals surface area (Å²) in [7, 11) is 1.52. The molecule has 0 aliphatic heterocycles. The van der Waals surface area contributed by atoms with E-state index in [1.165, 1.54) is 19.4 Å². The van der Waals surface area contributed by atoms with Crippen molar-refractivity contribution in [3.8, 4) is 11.5 Å². The van der Waals surface area contributed by atoms with Gasteiger partial charge in [-0.3, -0.25) is 25.7 Å². The molecule has 0 unspecified atom stereocenters. The monoisotopic (exact) mass is 500 g/mol. The Labute approximate surface area is 190 Å². The van der Waals surface area contributed by atoms with Crippen LogP contribution in [-0.4, -0.2) is 23.2 Å². The van der Waals surface area contributed by atoms with Gasteiger partial charge in [0.15, 0.2) is 11.5 Å². The third-order valence-corrected chi connectivity index (χ3v) is 4.81. The van der Waals surface area contributed by atoms with Crippen LogP contribution in [0.25, 0.3) is 0 Å². The van der Waals surface area contributed by atoms with Gasteiger partial charge in [0.05, 0.1) is 29.2 Å². The van der Waals surface area contributed by atoms with Crippen LogP contribution in [0.5, 0.6) is 11.5 Å². The number of nitrogens with one attached hydrogen (secondary N) is 1. The van der Waals surface area contributed by atoms with Gasteiger partial charge in [-0.15, -0.1) is 0 Å². The molecule has 0 radical (unpaired) electrons. The number of hydrazone groups is 1. The lowest BCUT2D eigenvalue weighted by Gasteiger charge is -2.11. The Morgan fingerprint density at radius 3 is 2.41 bits per heavy atom. The van der Waals surface area contributed by atoms with E-state index < -0.39 is 15.5 Å². The molecule has 32 heavy (non-hydrogen) atoms. The summed E-state index contributed by atoms with van der Waals surface area (Å²) < 4.78 is 12.2. The summed E-state index contributed by atoms with van der Waals surface area (Å²) in [5.41, 5.74) is 3.38. The molecular formula is C21H17BrN4O6. The molecule has 0 saturated carbocycles. The van der Waals surface area contributed by atoms with E-state index in [1.807, 2.05) is 24.3 Å². The minimum absolute atomic E-state index is 0.0262. The number of nitro benzene ring substituents is 2. The van der Waals surface area contributed by atoms with Gasteiger partial charge in [0.2, 0.25) is 0 Å². The molecule has 0 saturated heterocycles. The second kappa shape index (κ2) is 10.4. The van der Waals surface area contributed by atoms with Gasteiger partial charge in [-0.1, -0.05) is 28.1 Å². The summed E-state index contributed by atoms with van der Waals surface area (Å²) in [6.45, 7) is 0.364. The molecular weight excluding hydrogens is 484 g/mol. The average molecular weight is 501 g/mol. The SMILES string of the molecule is COc1cc(C=NNc2ccc([N+](=O)[O-])cc2[N+](=O)[O-])ccc1OCc1ccc(Br)cc1. The van der Waals surface area contributed by atoms with E-state index in [4.69, 9.17) is 9.47 Å². The number of rotatable bonds is 9. The molecule has 0 atom stereocenters. The number of benzene rings is 3. The van der Waals surface area contributed by atoms with Gasteiger partial charge >= 0.3 is 5.69 Å². The van der Waals surface area contributed by atoms with Crippen molar-refractivity contribution in [2.45, 2.75) is 6.61 Å². The zero-order valence-corrected chi connectivity index (χ0v) is 18.3. The maximum Gasteiger partial charge on any atom is 0.301 e. The van der Waals surface area contributed by atoms with Crippen LogP contribution in [0, 0.1) is 20.2 Å². The molecule has 0 aliphatic rings. The van der Waals surface area contributed by atoms with E-state index in [2.05, 4.69) is 26.5 Å². The largest absolute Gasteiger partial charge is 0.493 e. The molecule has 0 aliphatic carbocycles. The minimum atomic E-state index is -0.717. The first kappa shape index (κ1) is 22.7. The highest BCUT2D eigenvalue weighted by molar-refractivity contribution is 9.10. The smallest absolute Gasteiger partial charge is 0.301 e. The number of ether oxygens (including phenoxy) is 2. The number of methoxy groups -OCH3 is 1. The molecule has 0 heterocycles. The normalized spacial score (nSPS) is 10.7. The van der Waals surface area contributed by atoms with Crippen LogP contribution in [-0.2, 0) is 6.61 Å². The fourth-order valence-electron chi connectivity index (χ4n) is 2.68. The lowest BCUT2D eigenvalue weighted by Crippen LogP contribution is -2.00. The number of nitro groups is 2. The molecule has 3 aromatic carbocycles. The van der Waals surface area contributed by atoms with E-state index in [1.54, 1.807) is 18.2 Å². The van der Waals surface area contributed by atoms with Crippen molar-refractivity contribution in [3.63, 3.8) is 0 Å². The van der Waals surface area contributed by atoms with Crippen LogP contribution in [0.3, 0.4) is 0 Å². The van der Waals surface area contributed by atoms with Crippen LogP contribution in [0.15, 0.2) is 70.2 Å². The van der Waals surface area contributed by atoms with Crippen LogP contribution >= 0.6 is 15.9 Å². The predicted octanol–water partition coefficient (Wildman–Crippen LogP) is 5.30. The van der Waals surface area contributed by atoms with Gasteiger partial charge in [-0.05, 0) is 47.5 Å². The summed E-state index contributed by atoms with van der Waals surface area (Å²) in [6, 6.07) is 16.2. The lowest BCUT2D eigenvalue weighted by molar-refractivity contribution is -0.393. The lowest BCUT2D eigenvalue weighted by atomic mass is 10.2. The molecule has 0 fully saturated rings. The van der Waals surface area contributed by atoms with Gasteiger partial charge in [0.25, 0.3) is 5.69 Å². The molecule has 3 aromatic rings. The van der Waals surface area contributed by atoms with E-state index in [0.29, 0.717) is 23.7 Å². The van der Waals surface area contributed by atoms with Crippen molar-refractivity contribution in [1.82, 2.24) is 0 Å². The van der Waals surface area contributed by atoms with Crippen LogP contribution in [0.2, 0.25) is 0 Å². The van der Waals surface area contributed by atoms with Gasteiger partial charge in [0.1, 0.15) is 12.3 Å². The summed E-state index contributed by atoms with van der Waals surface area (Å²) in [4.78, 5) is 20.6. The maximum atomic E-state index is 11.2. The molecule has 164 valence electrons. The third-order valence-electron chi connectivity index (χ3n) is 4.28. The number of hydrogen-bond acceptors (Lipinski definition) is 8. The summed E-state index contributed by atoms with van der Waals surface area (Å²) in [6.07, 6.45) is 1.44. The first-order chi connectivity index (χ1) is 15.4. The van der Waals surface area contributed by atoms with E-state index >= 15 is 0 Å². The Hall–Kier alpha value is -3.99. The Morgan fingerprint density at radius 1 is 1.00 bits per heavy atom. The van der Waals surface area contributed by atoms with Crippen molar-refractivity contribution in [1.29, 1.82) is 0 Å². The fraction of sp³-hybridized carbons (Fsp3) is 0.0952. The number of anilines is 1. The highest BCUT2D eigenvalue weighted by atomic mass is 79.9. The molecule has 0 spiro atoms. The second-order valence-electron chi connectivity index (χ2n) is 6.41. The number of hydrogen-bond donors (Lipinski definition) is 1. The third kappa shape index (κ3) is 5.79. The molecule has 1 N–H and O–H groups in total. The predicted molar refractivity (Wildman–Crippen MR) is 122 cm³/mol. The highest BCUT2D eigenvalue weighted by Crippen LogP contribution is 2.30.